The quantitative estimate of drug-likeness (QED) is 0.612. The van der Waals surface area contributed by atoms with Crippen molar-refractivity contribution in [2.45, 2.75) is 6.10 Å². The molecule has 1 atom stereocenters. The Balaban J connectivity index is 2.27. The van der Waals surface area contributed by atoms with E-state index in [-0.39, 0.29) is 13.1 Å². The number of hydrogen-bond donors (Lipinski definition) is 3. The number of aliphatic hydroxyl groups excluding tert-OH is 1. The van der Waals surface area contributed by atoms with Crippen LogP contribution in [0.25, 0.3) is 0 Å². The summed E-state index contributed by atoms with van der Waals surface area (Å²) in [7, 11) is -3.18. The Morgan fingerprint density at radius 2 is 2.11 bits per heavy atom. The topological polar surface area (TPSA) is 78.4 Å². The number of sulfonamides is 1. The SMILES string of the molecule is CS(=O)(=O)NCCNCC(O)c1cccc(F)c1. The van der Waals surface area contributed by atoms with Gasteiger partial charge in [0.15, 0.2) is 0 Å². The predicted octanol–water partition coefficient (Wildman–Crippen LogP) is -0.00210. The van der Waals surface area contributed by atoms with Crippen LogP contribution in [0.2, 0.25) is 0 Å². The van der Waals surface area contributed by atoms with E-state index in [0.29, 0.717) is 12.1 Å². The lowest BCUT2D eigenvalue weighted by Crippen LogP contribution is -2.32. The molecule has 0 fully saturated rings. The van der Waals surface area contributed by atoms with Crippen LogP contribution in [0.5, 0.6) is 0 Å². The van der Waals surface area contributed by atoms with Crippen molar-refractivity contribution in [1.82, 2.24) is 10.0 Å². The van der Waals surface area contributed by atoms with E-state index in [4.69, 9.17) is 0 Å². The van der Waals surface area contributed by atoms with E-state index < -0.39 is 21.9 Å². The van der Waals surface area contributed by atoms with Gasteiger partial charge in [0.1, 0.15) is 5.82 Å². The summed E-state index contributed by atoms with van der Waals surface area (Å²) >= 11 is 0. The molecule has 0 amide bonds. The number of benzene rings is 1. The Bertz CT molecular complexity index is 479. The lowest BCUT2D eigenvalue weighted by molar-refractivity contribution is 0.175. The largest absolute Gasteiger partial charge is 0.387 e. The van der Waals surface area contributed by atoms with Gasteiger partial charge in [0, 0.05) is 19.6 Å². The van der Waals surface area contributed by atoms with Crippen LogP contribution in [0.1, 0.15) is 11.7 Å². The minimum atomic E-state index is -3.18. The van der Waals surface area contributed by atoms with Crippen molar-refractivity contribution in [2.24, 2.45) is 0 Å². The van der Waals surface area contributed by atoms with Gasteiger partial charge in [0.05, 0.1) is 12.4 Å². The third-order valence-electron chi connectivity index (χ3n) is 2.24. The van der Waals surface area contributed by atoms with Gasteiger partial charge in [0.25, 0.3) is 0 Å². The van der Waals surface area contributed by atoms with Gasteiger partial charge in [-0.2, -0.15) is 0 Å². The Labute approximate surface area is 106 Å². The first-order chi connectivity index (χ1) is 8.38. The van der Waals surface area contributed by atoms with E-state index in [0.717, 1.165) is 6.26 Å². The maximum atomic E-state index is 12.9. The number of aliphatic hydroxyl groups is 1. The average Bonchev–Trinajstić information content (AvgIpc) is 2.26. The molecule has 0 aliphatic heterocycles. The van der Waals surface area contributed by atoms with Crippen molar-refractivity contribution in [2.75, 3.05) is 25.9 Å². The molecule has 5 nitrogen and oxygen atoms in total. The number of rotatable bonds is 7. The van der Waals surface area contributed by atoms with Gasteiger partial charge in [-0.3, -0.25) is 0 Å². The molecule has 18 heavy (non-hydrogen) atoms. The van der Waals surface area contributed by atoms with Gasteiger partial charge in [-0.25, -0.2) is 17.5 Å². The second-order valence-electron chi connectivity index (χ2n) is 3.94. The summed E-state index contributed by atoms with van der Waals surface area (Å²) in [6.07, 6.45) is 0.258. The molecule has 0 radical (unpaired) electrons. The fraction of sp³-hybridized carbons (Fsp3) is 0.455. The summed E-state index contributed by atoms with van der Waals surface area (Å²) in [5.74, 6) is -0.398. The third kappa shape index (κ3) is 6.06. The van der Waals surface area contributed by atoms with Crippen LogP contribution in [-0.4, -0.2) is 39.4 Å². The zero-order valence-corrected chi connectivity index (χ0v) is 10.9. The summed E-state index contributed by atoms with van der Waals surface area (Å²) < 4.78 is 36.7. The summed E-state index contributed by atoms with van der Waals surface area (Å²) in [4.78, 5) is 0. The molecule has 7 heteroatoms. The molecular formula is C11H17FN2O3S. The van der Waals surface area contributed by atoms with Crippen molar-refractivity contribution in [3.63, 3.8) is 0 Å². The van der Waals surface area contributed by atoms with Crippen LogP contribution in [0, 0.1) is 5.82 Å². The highest BCUT2D eigenvalue weighted by atomic mass is 32.2. The van der Waals surface area contributed by atoms with Crippen molar-refractivity contribution >= 4 is 10.0 Å². The van der Waals surface area contributed by atoms with Crippen molar-refractivity contribution in [3.05, 3.63) is 35.6 Å². The van der Waals surface area contributed by atoms with Gasteiger partial charge < -0.3 is 10.4 Å². The Morgan fingerprint density at radius 1 is 1.39 bits per heavy atom. The molecule has 0 saturated carbocycles. The molecule has 0 aliphatic rings. The number of nitrogens with one attached hydrogen (secondary N) is 2. The van der Waals surface area contributed by atoms with E-state index in [9.17, 15) is 17.9 Å². The minimum Gasteiger partial charge on any atom is -0.387 e. The smallest absolute Gasteiger partial charge is 0.208 e. The maximum Gasteiger partial charge on any atom is 0.208 e. The first-order valence-electron chi connectivity index (χ1n) is 5.47. The fourth-order valence-corrected chi connectivity index (χ4v) is 1.87. The van der Waals surface area contributed by atoms with E-state index in [1.165, 1.54) is 18.2 Å². The third-order valence-corrected chi connectivity index (χ3v) is 2.97. The van der Waals surface area contributed by atoms with Crippen LogP contribution in [-0.2, 0) is 10.0 Å². The van der Waals surface area contributed by atoms with Gasteiger partial charge in [0.2, 0.25) is 10.0 Å². The van der Waals surface area contributed by atoms with Crippen molar-refractivity contribution < 1.29 is 17.9 Å². The van der Waals surface area contributed by atoms with Crippen LogP contribution >= 0.6 is 0 Å². The second-order valence-corrected chi connectivity index (χ2v) is 5.77. The lowest BCUT2D eigenvalue weighted by Gasteiger charge is -2.12. The van der Waals surface area contributed by atoms with Gasteiger partial charge in [-0.1, -0.05) is 12.1 Å². The summed E-state index contributed by atoms with van der Waals surface area (Å²) in [6, 6.07) is 5.73. The lowest BCUT2D eigenvalue weighted by atomic mass is 10.1. The Hall–Kier alpha value is -1.02. The van der Waals surface area contributed by atoms with Crippen LogP contribution in [0.4, 0.5) is 4.39 Å². The van der Waals surface area contributed by atoms with Crippen molar-refractivity contribution in [1.29, 1.82) is 0 Å². The highest BCUT2D eigenvalue weighted by molar-refractivity contribution is 7.88. The molecule has 1 aromatic rings. The molecule has 0 aliphatic carbocycles. The second kappa shape index (κ2) is 6.79. The van der Waals surface area contributed by atoms with Crippen LogP contribution < -0.4 is 10.0 Å². The number of halogens is 1. The molecule has 0 heterocycles. The summed E-state index contributed by atoms with van der Waals surface area (Å²) in [5.41, 5.74) is 0.485. The highest BCUT2D eigenvalue weighted by Crippen LogP contribution is 2.12. The van der Waals surface area contributed by atoms with Gasteiger partial charge in [-0.05, 0) is 17.7 Å². The molecule has 1 rings (SSSR count). The van der Waals surface area contributed by atoms with Gasteiger partial charge in [-0.15, -0.1) is 0 Å². The Morgan fingerprint density at radius 3 is 2.72 bits per heavy atom. The summed E-state index contributed by atoms with van der Waals surface area (Å²) in [6.45, 7) is 0.864. The molecule has 0 aromatic heterocycles. The molecule has 0 bridgehead atoms. The zero-order chi connectivity index (χ0) is 13.6. The van der Waals surface area contributed by atoms with Crippen LogP contribution in [0.3, 0.4) is 0 Å². The molecule has 0 saturated heterocycles. The Kier molecular flexibility index (Phi) is 5.67. The van der Waals surface area contributed by atoms with E-state index >= 15 is 0 Å². The van der Waals surface area contributed by atoms with E-state index in [1.54, 1.807) is 6.07 Å². The van der Waals surface area contributed by atoms with Gasteiger partial charge >= 0.3 is 0 Å². The first-order valence-corrected chi connectivity index (χ1v) is 7.36. The molecule has 0 spiro atoms. The monoisotopic (exact) mass is 276 g/mol. The van der Waals surface area contributed by atoms with Crippen LogP contribution in [0.15, 0.2) is 24.3 Å². The molecule has 1 aromatic carbocycles. The molecule has 102 valence electrons. The highest BCUT2D eigenvalue weighted by Gasteiger charge is 2.07. The summed E-state index contributed by atoms with van der Waals surface area (Å²) in [5, 5.41) is 12.6. The normalized spacial score (nSPS) is 13.5. The maximum absolute atomic E-state index is 12.9. The minimum absolute atomic E-state index is 0.231. The molecular weight excluding hydrogens is 259 g/mol. The van der Waals surface area contributed by atoms with Crippen molar-refractivity contribution in [3.8, 4) is 0 Å². The van der Waals surface area contributed by atoms with E-state index in [2.05, 4.69) is 10.0 Å². The molecule has 3 N–H and O–H groups in total. The number of hydrogen-bond acceptors (Lipinski definition) is 4. The molecule has 1 unspecified atom stereocenters. The zero-order valence-electron chi connectivity index (χ0n) is 10.1. The fourth-order valence-electron chi connectivity index (χ4n) is 1.40. The predicted molar refractivity (Wildman–Crippen MR) is 67.1 cm³/mol. The van der Waals surface area contributed by atoms with E-state index in [1.807, 2.05) is 0 Å². The average molecular weight is 276 g/mol. The standard InChI is InChI=1S/C11H17FN2O3S/c1-18(16,17)14-6-5-13-8-11(15)9-3-2-4-10(12)7-9/h2-4,7,11,13-15H,5-6,8H2,1H3. The first kappa shape index (κ1) is 15.0.